The summed E-state index contributed by atoms with van der Waals surface area (Å²) in [4.78, 5) is 0. The van der Waals surface area contributed by atoms with E-state index in [0.717, 1.165) is 101 Å². The van der Waals surface area contributed by atoms with E-state index in [1.807, 2.05) is 0 Å². The van der Waals surface area contributed by atoms with E-state index in [-0.39, 0.29) is 0 Å². The molecule has 0 radical (unpaired) electrons. The standard InChI is InChI=1S/C38H44O4/c1-19-11-20(2)28-16-32-25(7)14-26(8)34(38(32)42-10)18-30-22(4)12-21(3)29(36(30)40)17-33-24(6)13-23(5)31(37(33)41-9)15-27(19)35(28)39/h11-14,39-40H,15-18H2,1-10H3. The Morgan fingerprint density at radius 1 is 0.381 bits per heavy atom. The number of hydrogen-bond acceptors (Lipinski definition) is 4. The fourth-order valence-corrected chi connectivity index (χ4v) is 7.16. The van der Waals surface area contributed by atoms with E-state index >= 15 is 0 Å². The lowest BCUT2D eigenvalue weighted by Crippen LogP contribution is -2.10. The van der Waals surface area contributed by atoms with Crippen molar-refractivity contribution in [2.24, 2.45) is 0 Å². The minimum absolute atomic E-state index is 0.348. The van der Waals surface area contributed by atoms with Crippen molar-refractivity contribution in [3.05, 3.63) is 113 Å². The van der Waals surface area contributed by atoms with Crippen LogP contribution in [0.4, 0.5) is 0 Å². The average Bonchev–Trinajstić information content (AvgIpc) is 2.91. The van der Waals surface area contributed by atoms with Gasteiger partial charge in [-0.25, -0.2) is 0 Å². The first-order chi connectivity index (χ1) is 19.9. The maximum absolute atomic E-state index is 11.9. The number of phenols is 2. The molecule has 0 atom stereocenters. The highest BCUT2D eigenvalue weighted by atomic mass is 16.5. The number of benzene rings is 4. The number of aromatic hydroxyl groups is 2. The summed E-state index contributed by atoms with van der Waals surface area (Å²) in [6.45, 7) is 16.8. The molecule has 2 N–H and O–H groups in total. The molecule has 0 saturated carbocycles. The summed E-state index contributed by atoms with van der Waals surface area (Å²) in [7, 11) is 3.45. The molecule has 1 aliphatic rings. The van der Waals surface area contributed by atoms with Crippen molar-refractivity contribution < 1.29 is 19.7 Å². The van der Waals surface area contributed by atoms with Crippen LogP contribution in [0.1, 0.15) is 89.0 Å². The Kier molecular flexibility index (Phi) is 7.78. The maximum Gasteiger partial charge on any atom is 0.126 e. The molecule has 0 heterocycles. The summed E-state index contributed by atoms with van der Waals surface area (Å²) in [5.74, 6) is 2.36. The Labute approximate surface area is 251 Å². The van der Waals surface area contributed by atoms with Crippen molar-refractivity contribution in [1.29, 1.82) is 0 Å². The highest BCUT2D eigenvalue weighted by Gasteiger charge is 2.26. The van der Waals surface area contributed by atoms with E-state index in [1.54, 1.807) is 14.2 Å². The average molecular weight is 565 g/mol. The molecule has 42 heavy (non-hydrogen) atoms. The largest absolute Gasteiger partial charge is 0.507 e. The molecule has 5 rings (SSSR count). The van der Waals surface area contributed by atoms with Crippen molar-refractivity contribution >= 4 is 0 Å². The first-order valence-electron chi connectivity index (χ1n) is 14.8. The Hall–Kier alpha value is -3.92. The lowest BCUT2D eigenvalue weighted by molar-refractivity contribution is 0.403. The number of ether oxygens (including phenoxy) is 2. The van der Waals surface area contributed by atoms with E-state index in [1.165, 1.54) is 0 Å². The van der Waals surface area contributed by atoms with E-state index in [4.69, 9.17) is 9.47 Å². The van der Waals surface area contributed by atoms with Gasteiger partial charge in [0.2, 0.25) is 0 Å². The molecular formula is C38H44O4. The van der Waals surface area contributed by atoms with Crippen LogP contribution in [0, 0.1) is 55.4 Å². The Morgan fingerprint density at radius 3 is 0.762 bits per heavy atom. The zero-order chi connectivity index (χ0) is 30.6. The highest BCUT2D eigenvalue weighted by Crippen LogP contribution is 2.43. The summed E-state index contributed by atoms with van der Waals surface area (Å²) in [5.41, 5.74) is 16.7. The van der Waals surface area contributed by atoms with E-state index in [0.29, 0.717) is 37.2 Å². The number of fused-ring (bicyclic) bond motifs is 8. The molecule has 4 nitrogen and oxygen atoms in total. The zero-order valence-corrected chi connectivity index (χ0v) is 26.8. The molecule has 0 spiro atoms. The molecule has 0 aliphatic heterocycles. The lowest BCUT2D eigenvalue weighted by Gasteiger charge is -2.25. The third kappa shape index (κ3) is 4.81. The third-order valence-corrected chi connectivity index (χ3v) is 9.60. The normalized spacial score (nSPS) is 12.8. The molecule has 8 bridgehead atoms. The molecule has 4 aromatic carbocycles. The lowest BCUT2D eigenvalue weighted by atomic mass is 9.83. The molecule has 4 aromatic rings. The minimum Gasteiger partial charge on any atom is -0.507 e. The summed E-state index contributed by atoms with van der Waals surface area (Å²) in [6.07, 6.45) is 2.19. The third-order valence-electron chi connectivity index (χ3n) is 9.60. The van der Waals surface area contributed by atoms with Gasteiger partial charge in [0.15, 0.2) is 0 Å². The van der Waals surface area contributed by atoms with Gasteiger partial charge in [-0.2, -0.15) is 0 Å². The van der Waals surface area contributed by atoms with Crippen LogP contribution in [-0.2, 0) is 25.7 Å². The van der Waals surface area contributed by atoms with E-state index in [2.05, 4.69) is 79.7 Å². The molecule has 220 valence electrons. The van der Waals surface area contributed by atoms with Gasteiger partial charge in [0.1, 0.15) is 23.0 Å². The minimum atomic E-state index is 0.348. The number of aryl methyl sites for hydroxylation is 8. The number of phenolic OH excluding ortho intramolecular Hbond substituents is 2. The Balaban J connectivity index is 1.91. The second-order valence-electron chi connectivity index (χ2n) is 12.3. The monoisotopic (exact) mass is 564 g/mol. The fourth-order valence-electron chi connectivity index (χ4n) is 7.16. The van der Waals surface area contributed by atoms with Crippen molar-refractivity contribution in [2.45, 2.75) is 81.1 Å². The number of rotatable bonds is 2. The molecule has 0 aromatic heterocycles. The van der Waals surface area contributed by atoms with Gasteiger partial charge in [-0.15, -0.1) is 0 Å². The predicted octanol–water partition coefficient (Wildman–Crippen LogP) is 8.26. The van der Waals surface area contributed by atoms with Gasteiger partial charge in [-0.05, 0) is 99.9 Å². The first kappa shape index (κ1) is 29.6. The van der Waals surface area contributed by atoms with Crippen LogP contribution in [0.2, 0.25) is 0 Å². The molecular weight excluding hydrogens is 520 g/mol. The molecule has 0 unspecified atom stereocenters. The summed E-state index contributed by atoms with van der Waals surface area (Å²) >= 11 is 0. The van der Waals surface area contributed by atoms with E-state index in [9.17, 15) is 10.2 Å². The van der Waals surface area contributed by atoms with Gasteiger partial charge in [-0.3, -0.25) is 0 Å². The van der Waals surface area contributed by atoms with Gasteiger partial charge in [-0.1, -0.05) is 24.3 Å². The molecule has 1 aliphatic carbocycles. The van der Waals surface area contributed by atoms with Crippen molar-refractivity contribution in [2.75, 3.05) is 14.2 Å². The summed E-state index contributed by atoms with van der Waals surface area (Å²) < 4.78 is 12.3. The highest BCUT2D eigenvalue weighted by molar-refractivity contribution is 5.63. The van der Waals surface area contributed by atoms with Gasteiger partial charge in [0.05, 0.1) is 14.2 Å². The fraction of sp³-hybridized carbons (Fsp3) is 0.368. The Morgan fingerprint density at radius 2 is 0.571 bits per heavy atom. The molecule has 4 heteroatoms. The molecule has 0 saturated heterocycles. The van der Waals surface area contributed by atoms with Gasteiger partial charge in [0, 0.05) is 70.2 Å². The number of hydrogen-bond donors (Lipinski definition) is 2. The summed E-state index contributed by atoms with van der Waals surface area (Å²) in [5, 5.41) is 23.8. The van der Waals surface area contributed by atoms with Crippen LogP contribution in [0.25, 0.3) is 0 Å². The SMILES string of the molecule is COc1c2c(C)cc(C)c1Cc1c(C)cc(C)c(c1O)Cc1c(C)cc(C)c(c1OC)Cc1c(C)cc(C)c(c1O)C2. The maximum atomic E-state index is 11.9. The van der Waals surface area contributed by atoms with Gasteiger partial charge >= 0.3 is 0 Å². The van der Waals surface area contributed by atoms with Gasteiger partial charge in [0.25, 0.3) is 0 Å². The van der Waals surface area contributed by atoms with Crippen LogP contribution in [-0.4, -0.2) is 24.4 Å². The Bertz CT molecular complexity index is 1500. The van der Waals surface area contributed by atoms with Crippen LogP contribution in [0.15, 0.2) is 24.3 Å². The zero-order valence-electron chi connectivity index (χ0n) is 26.8. The van der Waals surface area contributed by atoms with E-state index < -0.39 is 0 Å². The van der Waals surface area contributed by atoms with Crippen LogP contribution in [0.3, 0.4) is 0 Å². The van der Waals surface area contributed by atoms with Gasteiger partial charge < -0.3 is 19.7 Å². The smallest absolute Gasteiger partial charge is 0.126 e. The van der Waals surface area contributed by atoms with Crippen molar-refractivity contribution in [3.63, 3.8) is 0 Å². The van der Waals surface area contributed by atoms with Crippen molar-refractivity contribution in [3.8, 4) is 23.0 Å². The second kappa shape index (κ2) is 11.1. The van der Waals surface area contributed by atoms with Crippen LogP contribution < -0.4 is 9.47 Å². The molecule has 0 amide bonds. The quantitative estimate of drug-likeness (QED) is 0.227. The second-order valence-corrected chi connectivity index (χ2v) is 12.3. The number of methoxy groups -OCH3 is 2. The topological polar surface area (TPSA) is 58.9 Å². The van der Waals surface area contributed by atoms with Crippen molar-refractivity contribution in [1.82, 2.24) is 0 Å². The first-order valence-corrected chi connectivity index (χ1v) is 14.8. The molecule has 0 fully saturated rings. The van der Waals surface area contributed by atoms with Crippen LogP contribution >= 0.6 is 0 Å². The predicted molar refractivity (Wildman–Crippen MR) is 171 cm³/mol. The van der Waals surface area contributed by atoms with Crippen LogP contribution in [0.5, 0.6) is 23.0 Å². The summed E-state index contributed by atoms with van der Waals surface area (Å²) in [6, 6.07) is 8.80.